The maximum absolute atomic E-state index is 12.9. The zero-order chi connectivity index (χ0) is 18.6. The maximum atomic E-state index is 12.9. The largest absolute Gasteiger partial charge is 0.380 e. The molecule has 1 amide bonds. The topological polar surface area (TPSA) is 75.7 Å². The van der Waals surface area contributed by atoms with Crippen LogP contribution in [0.25, 0.3) is 0 Å². The van der Waals surface area contributed by atoms with E-state index in [2.05, 4.69) is 5.32 Å². The van der Waals surface area contributed by atoms with Gasteiger partial charge in [0.1, 0.15) is 6.04 Å². The molecule has 1 saturated heterocycles. The lowest BCUT2D eigenvalue weighted by molar-refractivity contribution is -0.119. The minimum atomic E-state index is -3.68. The van der Waals surface area contributed by atoms with Crippen molar-refractivity contribution in [3.8, 4) is 0 Å². The summed E-state index contributed by atoms with van der Waals surface area (Å²) >= 11 is 0. The van der Waals surface area contributed by atoms with E-state index in [0.29, 0.717) is 31.7 Å². The minimum Gasteiger partial charge on any atom is -0.380 e. The highest BCUT2D eigenvalue weighted by molar-refractivity contribution is 7.89. The normalized spacial score (nSPS) is 18.0. The molecule has 1 aliphatic rings. The molecule has 0 aromatic heterocycles. The van der Waals surface area contributed by atoms with Crippen LogP contribution in [0.5, 0.6) is 0 Å². The first-order valence-electron chi connectivity index (χ1n) is 8.48. The van der Waals surface area contributed by atoms with Crippen molar-refractivity contribution < 1.29 is 17.9 Å². The fourth-order valence-corrected chi connectivity index (χ4v) is 4.77. The van der Waals surface area contributed by atoms with E-state index in [1.807, 2.05) is 12.1 Å². The number of rotatable bonds is 6. The number of sulfonamides is 1. The number of anilines is 1. The van der Waals surface area contributed by atoms with Gasteiger partial charge in [-0.1, -0.05) is 30.3 Å². The number of nitrogens with zero attached hydrogens (tertiary/aromatic N) is 1. The van der Waals surface area contributed by atoms with Crippen LogP contribution in [0.15, 0.2) is 59.5 Å². The Morgan fingerprint density at radius 2 is 1.85 bits per heavy atom. The van der Waals surface area contributed by atoms with Crippen LogP contribution in [0.2, 0.25) is 0 Å². The van der Waals surface area contributed by atoms with Crippen molar-refractivity contribution >= 4 is 21.6 Å². The predicted octanol–water partition coefficient (Wildman–Crippen LogP) is 2.62. The van der Waals surface area contributed by atoms with Crippen LogP contribution in [-0.2, 0) is 26.2 Å². The van der Waals surface area contributed by atoms with E-state index in [-0.39, 0.29) is 10.8 Å². The van der Waals surface area contributed by atoms with E-state index in [0.717, 1.165) is 5.56 Å². The second-order valence-corrected chi connectivity index (χ2v) is 8.10. The molecular weight excluding hydrogens is 352 g/mol. The molecule has 1 N–H and O–H groups in total. The number of nitrogens with one attached hydrogen (secondary N) is 1. The zero-order valence-corrected chi connectivity index (χ0v) is 15.4. The summed E-state index contributed by atoms with van der Waals surface area (Å²) in [5.74, 6) is -0.304. The molecule has 3 rings (SSSR count). The molecular formula is C19H22N2O4S. The molecule has 0 radical (unpaired) electrons. The van der Waals surface area contributed by atoms with Gasteiger partial charge in [-0.05, 0) is 42.7 Å². The smallest absolute Gasteiger partial charge is 0.243 e. The lowest BCUT2D eigenvalue weighted by atomic mass is 10.2. The quantitative estimate of drug-likeness (QED) is 0.843. The maximum Gasteiger partial charge on any atom is 0.243 e. The van der Waals surface area contributed by atoms with Gasteiger partial charge in [-0.2, -0.15) is 4.31 Å². The van der Waals surface area contributed by atoms with Crippen molar-refractivity contribution in [1.29, 1.82) is 0 Å². The fraction of sp³-hybridized carbons (Fsp3) is 0.316. The highest BCUT2D eigenvalue weighted by Gasteiger charge is 2.39. The number of hydrogen-bond donors (Lipinski definition) is 1. The first kappa shape index (κ1) is 18.6. The van der Waals surface area contributed by atoms with Crippen molar-refractivity contribution in [2.24, 2.45) is 0 Å². The molecule has 1 unspecified atom stereocenters. The molecule has 0 saturated carbocycles. The lowest BCUT2D eigenvalue weighted by Crippen LogP contribution is -2.43. The Bertz CT molecular complexity index is 851. The van der Waals surface area contributed by atoms with Gasteiger partial charge in [0.05, 0.1) is 11.5 Å². The van der Waals surface area contributed by atoms with Crippen molar-refractivity contribution in [2.75, 3.05) is 19.0 Å². The Balaban J connectivity index is 1.74. The molecule has 26 heavy (non-hydrogen) atoms. The van der Waals surface area contributed by atoms with Crippen molar-refractivity contribution in [3.05, 3.63) is 60.2 Å². The molecule has 1 fully saturated rings. The molecule has 2 aromatic rings. The zero-order valence-electron chi connectivity index (χ0n) is 14.6. The Morgan fingerprint density at radius 1 is 1.15 bits per heavy atom. The van der Waals surface area contributed by atoms with Gasteiger partial charge in [-0.3, -0.25) is 4.79 Å². The molecule has 1 atom stereocenters. The van der Waals surface area contributed by atoms with Crippen LogP contribution in [0.4, 0.5) is 5.69 Å². The Labute approximate surface area is 153 Å². The summed E-state index contributed by atoms with van der Waals surface area (Å²) in [6.45, 7) is 0.849. The van der Waals surface area contributed by atoms with Gasteiger partial charge in [0.25, 0.3) is 0 Å². The van der Waals surface area contributed by atoms with Gasteiger partial charge in [0.15, 0.2) is 0 Å². The molecule has 1 aliphatic heterocycles. The number of benzene rings is 2. The molecule has 138 valence electrons. The summed E-state index contributed by atoms with van der Waals surface area (Å²) in [4.78, 5) is 12.9. The third-order valence-corrected chi connectivity index (χ3v) is 6.31. The summed E-state index contributed by atoms with van der Waals surface area (Å²) in [6.07, 6.45) is 1.18. The first-order valence-corrected chi connectivity index (χ1v) is 9.92. The highest BCUT2D eigenvalue weighted by atomic mass is 32.2. The molecule has 1 heterocycles. The summed E-state index contributed by atoms with van der Waals surface area (Å²) in [7, 11) is -2.06. The first-order chi connectivity index (χ1) is 12.5. The van der Waals surface area contributed by atoms with Gasteiger partial charge in [-0.25, -0.2) is 8.42 Å². The summed E-state index contributed by atoms with van der Waals surface area (Å²) in [5, 5.41) is 2.82. The third kappa shape index (κ3) is 3.95. The molecule has 2 aromatic carbocycles. The van der Waals surface area contributed by atoms with Gasteiger partial charge >= 0.3 is 0 Å². The van der Waals surface area contributed by atoms with Crippen LogP contribution in [-0.4, -0.2) is 38.3 Å². The van der Waals surface area contributed by atoms with Crippen molar-refractivity contribution in [1.82, 2.24) is 4.31 Å². The Morgan fingerprint density at radius 3 is 2.50 bits per heavy atom. The lowest BCUT2D eigenvalue weighted by Gasteiger charge is -2.23. The van der Waals surface area contributed by atoms with E-state index in [9.17, 15) is 13.2 Å². The second-order valence-electron chi connectivity index (χ2n) is 6.21. The fourth-order valence-electron chi connectivity index (χ4n) is 3.09. The van der Waals surface area contributed by atoms with Crippen molar-refractivity contribution in [2.45, 2.75) is 30.4 Å². The molecule has 0 aliphatic carbocycles. The predicted molar refractivity (Wildman–Crippen MR) is 99.1 cm³/mol. The van der Waals surface area contributed by atoms with E-state index in [1.165, 1.54) is 4.31 Å². The number of ether oxygens (including phenoxy) is 1. The molecule has 6 nitrogen and oxygen atoms in total. The van der Waals surface area contributed by atoms with Gasteiger partial charge in [0.2, 0.25) is 15.9 Å². The van der Waals surface area contributed by atoms with Crippen LogP contribution >= 0.6 is 0 Å². The van der Waals surface area contributed by atoms with Gasteiger partial charge in [0, 0.05) is 19.3 Å². The van der Waals surface area contributed by atoms with Crippen LogP contribution < -0.4 is 5.32 Å². The molecule has 0 bridgehead atoms. The Kier molecular flexibility index (Phi) is 5.70. The van der Waals surface area contributed by atoms with Crippen molar-refractivity contribution in [3.63, 3.8) is 0 Å². The SMILES string of the molecule is COCc1ccc(NC(=O)C2CCCN2S(=O)(=O)c2ccccc2)cc1. The van der Waals surface area contributed by atoms with Gasteiger partial charge in [-0.15, -0.1) is 0 Å². The number of hydrogen-bond acceptors (Lipinski definition) is 4. The van der Waals surface area contributed by atoms with E-state index in [1.54, 1.807) is 49.6 Å². The van der Waals surface area contributed by atoms with Gasteiger partial charge < -0.3 is 10.1 Å². The average molecular weight is 374 g/mol. The summed E-state index contributed by atoms with van der Waals surface area (Å²) in [6, 6.07) is 14.8. The van der Waals surface area contributed by atoms with Crippen LogP contribution in [0.1, 0.15) is 18.4 Å². The third-order valence-electron chi connectivity index (χ3n) is 4.39. The average Bonchev–Trinajstić information content (AvgIpc) is 3.15. The number of methoxy groups -OCH3 is 1. The van der Waals surface area contributed by atoms with E-state index < -0.39 is 16.1 Å². The van der Waals surface area contributed by atoms with E-state index >= 15 is 0 Å². The summed E-state index contributed by atoms with van der Waals surface area (Å²) < 4.78 is 32.1. The monoisotopic (exact) mass is 374 g/mol. The summed E-state index contributed by atoms with van der Waals surface area (Å²) in [5.41, 5.74) is 1.64. The number of amides is 1. The highest BCUT2D eigenvalue weighted by Crippen LogP contribution is 2.27. The minimum absolute atomic E-state index is 0.212. The molecule has 0 spiro atoms. The number of carbonyl (C=O) groups excluding carboxylic acids is 1. The van der Waals surface area contributed by atoms with Crippen LogP contribution in [0, 0.1) is 0 Å². The van der Waals surface area contributed by atoms with E-state index in [4.69, 9.17) is 4.74 Å². The Hall–Kier alpha value is -2.22. The standard InChI is InChI=1S/C19H22N2O4S/c1-25-14-15-9-11-16(12-10-15)20-19(22)18-8-5-13-21(18)26(23,24)17-6-3-2-4-7-17/h2-4,6-7,9-12,18H,5,8,13-14H2,1H3,(H,20,22). The molecule has 7 heteroatoms. The number of carbonyl (C=O) groups is 1. The second kappa shape index (κ2) is 7.99. The van der Waals surface area contributed by atoms with Crippen LogP contribution in [0.3, 0.4) is 0 Å².